The lowest BCUT2D eigenvalue weighted by molar-refractivity contribution is -0.142. The number of carbonyl (C=O) groups is 5. The number of nitrogens with two attached hydrogens (primary N) is 1. The summed E-state index contributed by atoms with van der Waals surface area (Å²) in [7, 11) is 0. The van der Waals surface area contributed by atoms with Crippen molar-refractivity contribution < 1.29 is 34.2 Å². The first-order valence-electron chi connectivity index (χ1n) is 10.7. The molecule has 7 N–H and O–H groups in total. The van der Waals surface area contributed by atoms with Gasteiger partial charge in [0.25, 0.3) is 0 Å². The van der Waals surface area contributed by atoms with Crippen LogP contribution in [0.3, 0.4) is 0 Å². The summed E-state index contributed by atoms with van der Waals surface area (Å²) in [5.41, 5.74) is 6.50. The Morgan fingerprint density at radius 3 is 2.00 bits per heavy atom. The van der Waals surface area contributed by atoms with Crippen LogP contribution in [0.1, 0.15) is 32.3 Å². The van der Waals surface area contributed by atoms with Crippen LogP contribution in [-0.2, 0) is 30.4 Å². The normalized spacial score (nSPS) is 14.4. The minimum atomic E-state index is -1.26. The minimum Gasteiger partial charge on any atom is -0.481 e. The summed E-state index contributed by atoms with van der Waals surface area (Å²) in [4.78, 5) is 60.3. The number of aliphatic carboxylic acids is 2. The Morgan fingerprint density at radius 2 is 1.50 bits per heavy atom. The van der Waals surface area contributed by atoms with Gasteiger partial charge in [-0.2, -0.15) is 12.6 Å². The summed E-state index contributed by atoms with van der Waals surface area (Å²) >= 11 is 3.92. The number of nitrogens with one attached hydrogen (secondary N) is 3. The molecule has 0 aliphatic carbocycles. The summed E-state index contributed by atoms with van der Waals surface area (Å²) in [5, 5.41) is 25.4. The third-order valence-corrected chi connectivity index (χ3v) is 5.33. The van der Waals surface area contributed by atoms with Gasteiger partial charge in [0, 0.05) is 18.6 Å². The molecule has 34 heavy (non-hydrogen) atoms. The quantitative estimate of drug-likeness (QED) is 0.169. The van der Waals surface area contributed by atoms with E-state index < -0.39 is 59.7 Å². The third-order valence-electron chi connectivity index (χ3n) is 4.97. The monoisotopic (exact) mass is 496 g/mol. The third kappa shape index (κ3) is 9.79. The zero-order valence-corrected chi connectivity index (χ0v) is 20.0. The second kappa shape index (κ2) is 14.2. The molecule has 1 aromatic rings. The molecule has 12 heteroatoms. The van der Waals surface area contributed by atoms with Crippen LogP contribution in [0.4, 0.5) is 0 Å². The van der Waals surface area contributed by atoms with Gasteiger partial charge in [-0.15, -0.1) is 0 Å². The van der Waals surface area contributed by atoms with Crippen molar-refractivity contribution in [2.45, 2.75) is 57.3 Å². The van der Waals surface area contributed by atoms with E-state index in [1.165, 1.54) is 0 Å². The molecule has 11 nitrogen and oxygen atoms in total. The van der Waals surface area contributed by atoms with E-state index in [1.807, 2.05) is 0 Å². The van der Waals surface area contributed by atoms with Gasteiger partial charge >= 0.3 is 11.9 Å². The molecule has 0 saturated heterocycles. The van der Waals surface area contributed by atoms with E-state index in [2.05, 4.69) is 28.6 Å². The Balaban J connectivity index is 3.03. The van der Waals surface area contributed by atoms with Gasteiger partial charge in [-0.25, -0.2) is 4.79 Å². The Bertz CT molecular complexity index is 866. The molecule has 0 aromatic heterocycles. The molecule has 0 saturated carbocycles. The van der Waals surface area contributed by atoms with E-state index in [0.29, 0.717) is 0 Å². The van der Waals surface area contributed by atoms with Crippen molar-refractivity contribution in [3.05, 3.63) is 35.9 Å². The molecule has 0 bridgehead atoms. The Morgan fingerprint density at radius 1 is 0.912 bits per heavy atom. The zero-order chi connectivity index (χ0) is 25.8. The van der Waals surface area contributed by atoms with Crippen LogP contribution < -0.4 is 21.7 Å². The van der Waals surface area contributed by atoms with Gasteiger partial charge < -0.3 is 31.9 Å². The maximum atomic E-state index is 13.1. The van der Waals surface area contributed by atoms with Crippen LogP contribution in [-0.4, -0.2) is 69.8 Å². The molecule has 1 aromatic carbocycles. The highest BCUT2D eigenvalue weighted by Crippen LogP contribution is 2.08. The van der Waals surface area contributed by atoms with Gasteiger partial charge in [0.2, 0.25) is 17.7 Å². The van der Waals surface area contributed by atoms with Crippen molar-refractivity contribution in [2.75, 3.05) is 5.75 Å². The number of rotatable bonds is 14. The summed E-state index contributed by atoms with van der Waals surface area (Å²) in [6.45, 7) is 3.35. The van der Waals surface area contributed by atoms with E-state index in [-0.39, 0.29) is 25.0 Å². The molecule has 4 atom stereocenters. The van der Waals surface area contributed by atoms with Gasteiger partial charge in [0.15, 0.2) is 0 Å². The van der Waals surface area contributed by atoms with Gasteiger partial charge in [-0.05, 0) is 17.9 Å². The maximum Gasteiger partial charge on any atom is 0.327 e. The number of thiol groups is 1. The number of carboxylic acid groups (broad SMARTS) is 2. The topological polar surface area (TPSA) is 188 Å². The lowest BCUT2D eigenvalue weighted by atomic mass is 10.00. The zero-order valence-electron chi connectivity index (χ0n) is 19.1. The SMILES string of the molecule is CC(C)C(NC(=O)C(Cc1ccccc1)NC(=O)C(N)CCC(=O)O)C(=O)NC(CS)C(=O)O. The Labute approximate surface area is 203 Å². The summed E-state index contributed by atoms with van der Waals surface area (Å²) in [6.07, 6.45) is -0.335. The lowest BCUT2D eigenvalue weighted by Gasteiger charge is -2.27. The number of carbonyl (C=O) groups excluding carboxylic acids is 3. The van der Waals surface area contributed by atoms with Gasteiger partial charge in [-0.1, -0.05) is 44.2 Å². The Hall–Kier alpha value is -3.12. The molecule has 0 aliphatic heterocycles. The first kappa shape index (κ1) is 28.9. The molecule has 0 radical (unpaired) electrons. The molecule has 0 fully saturated rings. The Kier molecular flexibility index (Phi) is 12.1. The molecular weight excluding hydrogens is 464 g/mol. The van der Waals surface area contributed by atoms with Crippen LogP contribution in [0.15, 0.2) is 30.3 Å². The number of hydrogen-bond acceptors (Lipinski definition) is 7. The van der Waals surface area contributed by atoms with Crippen molar-refractivity contribution in [3.63, 3.8) is 0 Å². The highest BCUT2D eigenvalue weighted by Gasteiger charge is 2.31. The predicted octanol–water partition coefficient (Wildman–Crippen LogP) is -0.454. The summed E-state index contributed by atoms with van der Waals surface area (Å²) in [5.74, 6) is -4.98. The minimum absolute atomic E-state index is 0.0882. The maximum absolute atomic E-state index is 13.1. The average molecular weight is 497 g/mol. The highest BCUT2D eigenvalue weighted by molar-refractivity contribution is 7.80. The smallest absolute Gasteiger partial charge is 0.327 e. The summed E-state index contributed by atoms with van der Waals surface area (Å²) in [6, 6.07) is 4.26. The standard InChI is InChI=1S/C22H32N4O7S/c1-12(2)18(21(31)25-16(11-34)22(32)33)26-20(30)15(10-13-6-4-3-5-7-13)24-19(29)14(23)8-9-17(27)28/h3-7,12,14-16,18,34H,8-11,23H2,1-2H3,(H,24,29)(H,25,31)(H,26,30)(H,27,28)(H,32,33). The van der Waals surface area contributed by atoms with Crippen LogP contribution in [0.5, 0.6) is 0 Å². The van der Waals surface area contributed by atoms with Crippen LogP contribution >= 0.6 is 12.6 Å². The van der Waals surface area contributed by atoms with Gasteiger partial charge in [0.05, 0.1) is 6.04 Å². The van der Waals surface area contributed by atoms with E-state index >= 15 is 0 Å². The highest BCUT2D eigenvalue weighted by atomic mass is 32.1. The molecule has 188 valence electrons. The number of carboxylic acids is 2. The second-order valence-corrected chi connectivity index (χ2v) is 8.47. The van der Waals surface area contributed by atoms with Crippen molar-refractivity contribution >= 4 is 42.3 Å². The first-order chi connectivity index (χ1) is 16.0. The van der Waals surface area contributed by atoms with E-state index in [1.54, 1.807) is 44.2 Å². The van der Waals surface area contributed by atoms with Crippen LogP contribution in [0.2, 0.25) is 0 Å². The fourth-order valence-electron chi connectivity index (χ4n) is 2.98. The van der Waals surface area contributed by atoms with Gasteiger partial charge in [-0.3, -0.25) is 19.2 Å². The number of benzene rings is 1. The molecule has 4 unspecified atom stereocenters. The molecule has 0 heterocycles. The lowest BCUT2D eigenvalue weighted by Crippen LogP contribution is -2.59. The second-order valence-electron chi connectivity index (χ2n) is 8.10. The van der Waals surface area contributed by atoms with Crippen molar-refractivity contribution in [2.24, 2.45) is 11.7 Å². The fraction of sp³-hybridized carbons (Fsp3) is 0.500. The predicted molar refractivity (Wildman–Crippen MR) is 127 cm³/mol. The van der Waals surface area contributed by atoms with E-state index in [9.17, 15) is 24.0 Å². The van der Waals surface area contributed by atoms with Crippen molar-refractivity contribution in [1.29, 1.82) is 0 Å². The number of amides is 3. The van der Waals surface area contributed by atoms with Crippen LogP contribution in [0, 0.1) is 5.92 Å². The molecule has 0 spiro atoms. The van der Waals surface area contributed by atoms with Crippen molar-refractivity contribution in [1.82, 2.24) is 16.0 Å². The largest absolute Gasteiger partial charge is 0.481 e. The summed E-state index contributed by atoms with van der Waals surface area (Å²) < 4.78 is 0. The number of hydrogen-bond donors (Lipinski definition) is 7. The van der Waals surface area contributed by atoms with E-state index in [4.69, 9.17) is 15.9 Å². The van der Waals surface area contributed by atoms with E-state index in [0.717, 1.165) is 5.56 Å². The van der Waals surface area contributed by atoms with Crippen LogP contribution in [0.25, 0.3) is 0 Å². The molecule has 1 rings (SSSR count). The van der Waals surface area contributed by atoms with Crippen molar-refractivity contribution in [3.8, 4) is 0 Å². The van der Waals surface area contributed by atoms with Gasteiger partial charge in [0.1, 0.15) is 18.1 Å². The molecule has 3 amide bonds. The fourth-order valence-corrected chi connectivity index (χ4v) is 3.23. The molecule has 0 aliphatic rings. The molecular formula is C22H32N4O7S. The first-order valence-corrected chi connectivity index (χ1v) is 11.4. The average Bonchev–Trinajstić information content (AvgIpc) is 2.78.